The molecule has 24 heavy (non-hydrogen) atoms. The topological polar surface area (TPSA) is 59.9 Å². The fourth-order valence-electron chi connectivity index (χ4n) is 1.88. The van der Waals surface area contributed by atoms with Gasteiger partial charge in [-0.2, -0.15) is 5.10 Å². The Morgan fingerprint density at radius 3 is 2.62 bits per heavy atom. The lowest BCUT2D eigenvalue weighted by Gasteiger charge is -2.07. The molecule has 5 nitrogen and oxygen atoms in total. The summed E-state index contributed by atoms with van der Waals surface area (Å²) in [5, 5.41) is 3.91. The van der Waals surface area contributed by atoms with Crippen LogP contribution in [0.3, 0.4) is 0 Å². The first-order chi connectivity index (χ1) is 11.7. The Morgan fingerprint density at radius 2 is 1.92 bits per heavy atom. The zero-order valence-electron chi connectivity index (χ0n) is 13.6. The van der Waals surface area contributed by atoms with Gasteiger partial charge in [0, 0.05) is 0 Å². The van der Waals surface area contributed by atoms with E-state index in [1.54, 1.807) is 12.3 Å². The van der Waals surface area contributed by atoms with Crippen molar-refractivity contribution in [2.75, 3.05) is 13.2 Å². The summed E-state index contributed by atoms with van der Waals surface area (Å²) in [6.07, 6.45) is 3.24. The number of carbonyl (C=O) groups excluding carboxylic acids is 1. The van der Waals surface area contributed by atoms with Gasteiger partial charge in [0.05, 0.1) is 6.21 Å². The number of benzene rings is 2. The van der Waals surface area contributed by atoms with E-state index < -0.39 is 0 Å². The summed E-state index contributed by atoms with van der Waals surface area (Å²) in [6, 6.07) is 14.9. The van der Waals surface area contributed by atoms with Crippen molar-refractivity contribution in [3.63, 3.8) is 0 Å². The van der Waals surface area contributed by atoms with Gasteiger partial charge < -0.3 is 9.47 Å². The van der Waals surface area contributed by atoms with Crippen LogP contribution in [0.1, 0.15) is 11.1 Å². The van der Waals surface area contributed by atoms with Gasteiger partial charge in [-0.1, -0.05) is 30.9 Å². The molecule has 0 atom stereocenters. The molecule has 1 amide bonds. The lowest BCUT2D eigenvalue weighted by Crippen LogP contribution is -2.24. The van der Waals surface area contributed by atoms with Gasteiger partial charge >= 0.3 is 0 Å². The number of aryl methyl sites for hydroxylation is 1. The fraction of sp³-hybridized carbons (Fsp3) is 0.158. The summed E-state index contributed by atoms with van der Waals surface area (Å²) >= 11 is 0. The molecule has 5 heteroatoms. The molecule has 0 bridgehead atoms. The molecule has 0 radical (unpaired) electrons. The Bertz CT molecular complexity index is 709. The molecule has 2 aromatic rings. The van der Waals surface area contributed by atoms with Gasteiger partial charge in [0.2, 0.25) is 0 Å². The highest BCUT2D eigenvalue weighted by atomic mass is 16.5. The number of nitrogens with zero attached hydrogens (tertiary/aromatic N) is 1. The summed E-state index contributed by atoms with van der Waals surface area (Å²) in [6.45, 7) is 5.89. The maximum atomic E-state index is 11.7. The van der Waals surface area contributed by atoms with Gasteiger partial charge in [0.25, 0.3) is 5.91 Å². The summed E-state index contributed by atoms with van der Waals surface area (Å²) in [4.78, 5) is 11.7. The van der Waals surface area contributed by atoms with Crippen LogP contribution in [0, 0.1) is 6.92 Å². The Hall–Kier alpha value is -3.08. The average molecular weight is 324 g/mol. The summed E-state index contributed by atoms with van der Waals surface area (Å²) < 4.78 is 10.8. The first-order valence-corrected chi connectivity index (χ1v) is 7.53. The minimum absolute atomic E-state index is 0.0868. The van der Waals surface area contributed by atoms with Crippen molar-refractivity contribution in [2.24, 2.45) is 5.10 Å². The summed E-state index contributed by atoms with van der Waals surface area (Å²) in [7, 11) is 0. The van der Waals surface area contributed by atoms with Crippen molar-refractivity contribution >= 4 is 12.1 Å². The molecule has 0 fully saturated rings. The lowest BCUT2D eigenvalue weighted by molar-refractivity contribution is -0.123. The third-order valence-electron chi connectivity index (χ3n) is 3.10. The molecular weight excluding hydrogens is 304 g/mol. The van der Waals surface area contributed by atoms with E-state index in [2.05, 4.69) is 17.1 Å². The largest absolute Gasteiger partial charge is 0.490 e. The number of rotatable bonds is 8. The van der Waals surface area contributed by atoms with Gasteiger partial charge in [0.1, 0.15) is 18.1 Å². The Morgan fingerprint density at radius 1 is 1.17 bits per heavy atom. The third kappa shape index (κ3) is 5.61. The number of ether oxygens (including phenoxy) is 2. The van der Waals surface area contributed by atoms with E-state index in [4.69, 9.17) is 9.47 Å². The van der Waals surface area contributed by atoms with Crippen LogP contribution in [0.25, 0.3) is 0 Å². The predicted molar refractivity (Wildman–Crippen MR) is 94.5 cm³/mol. The smallest absolute Gasteiger partial charge is 0.277 e. The van der Waals surface area contributed by atoms with E-state index in [0.29, 0.717) is 12.4 Å². The SMILES string of the molecule is C=CCOc1ccc(C=NNC(=O)COc2ccccc2C)cc1. The van der Waals surface area contributed by atoms with Gasteiger partial charge in [-0.3, -0.25) is 4.79 Å². The molecule has 1 N–H and O–H groups in total. The minimum Gasteiger partial charge on any atom is -0.490 e. The number of para-hydroxylation sites is 1. The number of carbonyl (C=O) groups is 1. The lowest BCUT2D eigenvalue weighted by atomic mass is 10.2. The zero-order chi connectivity index (χ0) is 17.2. The normalized spacial score (nSPS) is 10.4. The standard InChI is InChI=1S/C19H20N2O3/c1-3-12-23-17-10-8-16(9-11-17)13-20-21-19(22)14-24-18-7-5-4-6-15(18)2/h3-11,13H,1,12,14H2,2H3,(H,21,22). The molecule has 124 valence electrons. The van der Waals surface area contributed by atoms with E-state index in [0.717, 1.165) is 16.9 Å². The number of hydrogen-bond acceptors (Lipinski definition) is 4. The summed E-state index contributed by atoms with van der Waals surface area (Å²) in [5.41, 5.74) is 4.26. The second-order valence-corrected chi connectivity index (χ2v) is 5.02. The Kier molecular flexibility index (Phi) is 6.58. The van der Waals surface area contributed by atoms with Crippen LogP contribution in [0.2, 0.25) is 0 Å². The maximum Gasteiger partial charge on any atom is 0.277 e. The van der Waals surface area contributed by atoms with E-state index in [9.17, 15) is 4.79 Å². The molecule has 0 saturated carbocycles. The minimum atomic E-state index is -0.319. The van der Waals surface area contributed by atoms with Crippen molar-refractivity contribution < 1.29 is 14.3 Å². The summed E-state index contributed by atoms with van der Waals surface area (Å²) in [5.74, 6) is 1.12. The number of amides is 1. The Labute approximate surface area is 141 Å². The van der Waals surface area contributed by atoms with Crippen molar-refractivity contribution in [1.29, 1.82) is 0 Å². The average Bonchev–Trinajstić information content (AvgIpc) is 2.60. The van der Waals surface area contributed by atoms with E-state index in [-0.39, 0.29) is 12.5 Å². The second-order valence-electron chi connectivity index (χ2n) is 5.02. The van der Waals surface area contributed by atoms with Gasteiger partial charge in [0.15, 0.2) is 6.61 Å². The molecule has 0 aliphatic carbocycles. The van der Waals surface area contributed by atoms with Crippen molar-refractivity contribution in [2.45, 2.75) is 6.92 Å². The molecule has 0 aliphatic rings. The molecule has 0 saturated heterocycles. The van der Waals surface area contributed by atoms with E-state index >= 15 is 0 Å². The van der Waals surface area contributed by atoms with Crippen LogP contribution >= 0.6 is 0 Å². The maximum absolute atomic E-state index is 11.7. The van der Waals surface area contributed by atoms with Gasteiger partial charge in [-0.15, -0.1) is 0 Å². The molecule has 0 aliphatic heterocycles. The molecule has 2 rings (SSSR count). The van der Waals surface area contributed by atoms with Gasteiger partial charge in [-0.05, 0) is 48.4 Å². The van der Waals surface area contributed by atoms with Crippen molar-refractivity contribution in [3.05, 3.63) is 72.3 Å². The van der Waals surface area contributed by atoms with E-state index in [1.165, 1.54) is 0 Å². The highest BCUT2D eigenvalue weighted by molar-refractivity contribution is 5.83. The van der Waals surface area contributed by atoms with Crippen LogP contribution in [-0.2, 0) is 4.79 Å². The van der Waals surface area contributed by atoms with Crippen LogP contribution in [0.15, 0.2) is 66.3 Å². The van der Waals surface area contributed by atoms with Crippen LogP contribution in [0.5, 0.6) is 11.5 Å². The van der Waals surface area contributed by atoms with E-state index in [1.807, 2.05) is 55.5 Å². The number of nitrogens with one attached hydrogen (secondary N) is 1. The number of hydrazone groups is 1. The van der Waals surface area contributed by atoms with Crippen LogP contribution < -0.4 is 14.9 Å². The highest BCUT2D eigenvalue weighted by Gasteiger charge is 2.03. The Balaban J connectivity index is 1.77. The number of hydrogen-bond donors (Lipinski definition) is 1. The molecule has 0 unspecified atom stereocenters. The highest BCUT2D eigenvalue weighted by Crippen LogP contribution is 2.15. The zero-order valence-corrected chi connectivity index (χ0v) is 13.6. The van der Waals surface area contributed by atoms with Crippen molar-refractivity contribution in [1.82, 2.24) is 5.43 Å². The monoisotopic (exact) mass is 324 g/mol. The van der Waals surface area contributed by atoms with Crippen molar-refractivity contribution in [3.8, 4) is 11.5 Å². The molecule has 0 spiro atoms. The molecule has 0 aromatic heterocycles. The fourth-order valence-corrected chi connectivity index (χ4v) is 1.88. The molecule has 2 aromatic carbocycles. The first-order valence-electron chi connectivity index (χ1n) is 7.53. The third-order valence-corrected chi connectivity index (χ3v) is 3.10. The first kappa shape index (κ1) is 17.3. The van der Waals surface area contributed by atoms with Crippen LogP contribution in [0.4, 0.5) is 0 Å². The van der Waals surface area contributed by atoms with Crippen LogP contribution in [-0.4, -0.2) is 25.3 Å². The quantitative estimate of drug-likeness (QED) is 0.461. The van der Waals surface area contributed by atoms with Gasteiger partial charge in [-0.25, -0.2) is 5.43 Å². The molecule has 0 heterocycles. The molecular formula is C19H20N2O3. The predicted octanol–water partition coefficient (Wildman–Crippen LogP) is 3.09. The second kappa shape index (κ2) is 9.15.